The van der Waals surface area contributed by atoms with Gasteiger partial charge in [0, 0.05) is 107 Å². The van der Waals surface area contributed by atoms with Gasteiger partial charge in [0.25, 0.3) is 50.8 Å². The van der Waals surface area contributed by atoms with Crippen molar-refractivity contribution in [2.75, 3.05) is 92.4 Å². The number of fused-ring (bicyclic) bond motifs is 17. The van der Waals surface area contributed by atoms with Crippen LogP contribution in [0.2, 0.25) is 5.28 Å². The predicted octanol–water partition coefficient (Wildman–Crippen LogP) is 15.6. The molecule has 4 heterocycles. The summed E-state index contributed by atoms with van der Waals surface area (Å²) in [7, 11) is 7.90. The average Bonchev–Trinajstić information content (AvgIpc) is 0.752. The van der Waals surface area contributed by atoms with E-state index in [4.69, 9.17) is 23.1 Å². The Bertz CT molecular complexity index is 6990. The number of nitro benzene ring substituents is 3. The Hall–Kier alpha value is -15.3. The predicted molar refractivity (Wildman–Crippen MR) is 569 cm³/mol. The molecule has 0 saturated carbocycles. The number of carbonyl (C=O) groups excluding carboxylic acids is 4. The molecule has 0 aliphatic heterocycles. The average molecular weight is 2040 g/mol. The number of nitrogen functional groups attached to an aromatic ring is 2. The van der Waals surface area contributed by atoms with E-state index >= 15 is 0 Å². The third kappa shape index (κ3) is 27.9. The molecule has 39 nitrogen and oxygen atoms in total. The van der Waals surface area contributed by atoms with Gasteiger partial charge in [0.15, 0.2) is 11.3 Å². The van der Waals surface area contributed by atoms with Crippen molar-refractivity contribution < 1.29 is 58.1 Å². The lowest BCUT2D eigenvalue weighted by molar-refractivity contribution is -0.672. The van der Waals surface area contributed by atoms with Gasteiger partial charge >= 0.3 is 11.5 Å². The summed E-state index contributed by atoms with van der Waals surface area (Å²) in [5.74, 6) is 0.216. The van der Waals surface area contributed by atoms with E-state index in [1.54, 1.807) is 37.3 Å². The van der Waals surface area contributed by atoms with Crippen molar-refractivity contribution in [1.82, 2.24) is 45.1 Å². The first-order chi connectivity index (χ1) is 71.2. The van der Waals surface area contributed by atoms with Crippen molar-refractivity contribution in [1.29, 1.82) is 0 Å². The van der Waals surface area contributed by atoms with E-state index in [9.17, 15) is 75.6 Å². The number of benzene rings is 9. The maximum atomic E-state index is 12.5. The molecule has 0 atom stereocenters. The number of halogens is 1. The van der Waals surface area contributed by atoms with Crippen LogP contribution in [-0.2, 0) is 124 Å². The van der Waals surface area contributed by atoms with Crippen LogP contribution in [0.5, 0.6) is 0 Å². The molecule has 0 bridgehead atoms. The van der Waals surface area contributed by atoms with E-state index in [0.717, 1.165) is 281 Å². The van der Waals surface area contributed by atoms with Crippen molar-refractivity contribution in [3.05, 3.63) is 289 Å². The van der Waals surface area contributed by atoms with Crippen LogP contribution in [-0.4, -0.2) is 138 Å². The molecule has 9 aromatic carbocycles. The normalized spacial score (nSPS) is 14.6. The lowest BCUT2D eigenvalue weighted by atomic mass is 9.90. The number of amides is 3. The zero-order valence-corrected chi connectivity index (χ0v) is 85.7. The van der Waals surface area contributed by atoms with Crippen LogP contribution in [0.1, 0.15) is 241 Å². The quantitative estimate of drug-likeness (QED) is 0.0175. The first kappa shape index (κ1) is 108. The van der Waals surface area contributed by atoms with Crippen LogP contribution in [0.3, 0.4) is 0 Å². The second kappa shape index (κ2) is 51.2. The minimum absolute atomic E-state index is 0.000703. The smallest absolute Gasteiger partial charge is 0.461 e. The molecule has 0 fully saturated rings. The number of carbonyl (C=O) groups is 4. The van der Waals surface area contributed by atoms with Gasteiger partial charge in [0.2, 0.25) is 22.8 Å². The van der Waals surface area contributed by atoms with Gasteiger partial charge in [-0.2, -0.15) is 0 Å². The highest BCUT2D eigenvalue weighted by atomic mass is 35.5. The first-order valence-electron chi connectivity index (χ1n) is 51.1. The Morgan fingerprint density at radius 1 is 0.378 bits per heavy atom. The number of nitrogens with two attached hydrogens (primary N) is 2. The Balaban J connectivity index is 0.000000132. The van der Waals surface area contributed by atoms with E-state index in [-0.39, 0.29) is 62.6 Å². The summed E-state index contributed by atoms with van der Waals surface area (Å²) in [5.41, 5.74) is 37.9. The summed E-state index contributed by atoms with van der Waals surface area (Å²) in [5, 5.41) is 123. The molecule has 13 aromatic rings. The van der Waals surface area contributed by atoms with Crippen molar-refractivity contribution >= 4 is 137 Å². The molecule has 778 valence electrons. The van der Waals surface area contributed by atoms with Crippen LogP contribution in [0.25, 0.3) is 44.1 Å². The number of likely N-dealkylation sites (N-methyl/N-ethyl adjacent to an activating group) is 2. The third-order valence-electron chi connectivity index (χ3n) is 27.7. The molecule has 9 N–H and O–H groups in total. The van der Waals surface area contributed by atoms with Gasteiger partial charge < -0.3 is 68.6 Å². The monoisotopic (exact) mass is 2040 g/mol. The minimum Gasteiger partial charge on any atom is -0.739 e. The highest BCUT2D eigenvalue weighted by molar-refractivity contribution is 6.28. The van der Waals surface area contributed by atoms with Gasteiger partial charge in [-0.25, -0.2) is 19.7 Å². The molecule has 0 spiro atoms. The fraction of sp³-hybridized carbons (Fsp3) is 0.426. The molecular weight excluding hydrogens is 1910 g/mol. The van der Waals surface area contributed by atoms with Gasteiger partial charge in [-0.15, -0.1) is 0 Å². The number of hydrogen-bond donors (Lipinski definition) is 7. The number of aryl methyl sites for hydroxylation is 15. The molecule has 9 aliphatic carbocycles. The van der Waals surface area contributed by atoms with Gasteiger partial charge in [-0.05, 0) is 388 Å². The number of aromatic nitrogens is 12. The summed E-state index contributed by atoms with van der Waals surface area (Å²) < 4.78 is 0.730. The second-order valence-corrected chi connectivity index (χ2v) is 39.2. The summed E-state index contributed by atoms with van der Waals surface area (Å²) >= 11 is 5.66. The molecule has 40 heteroatoms. The van der Waals surface area contributed by atoms with Crippen molar-refractivity contribution in [3.63, 3.8) is 0 Å². The van der Waals surface area contributed by atoms with Crippen LogP contribution >= 0.6 is 11.6 Å². The lowest BCUT2D eigenvalue weighted by Gasteiger charge is -2.17. The van der Waals surface area contributed by atoms with Crippen molar-refractivity contribution in [2.45, 2.75) is 245 Å². The van der Waals surface area contributed by atoms with Crippen LogP contribution in [0, 0.1) is 56.4 Å². The fourth-order valence-electron chi connectivity index (χ4n) is 20.7. The fourth-order valence-corrected chi connectivity index (χ4v) is 20.9. The summed E-state index contributed by atoms with van der Waals surface area (Å²) in [4.78, 5) is 95.2. The second-order valence-electron chi connectivity index (χ2n) is 38.9. The lowest BCUT2D eigenvalue weighted by Crippen LogP contribution is -2.45. The van der Waals surface area contributed by atoms with Gasteiger partial charge in [0.1, 0.15) is 33.6 Å². The number of hydrogen-bond acceptors (Lipinski definition) is 28. The van der Waals surface area contributed by atoms with E-state index in [1.807, 2.05) is 112 Å². The number of nitrogens with zero attached hydrogens (tertiary/aromatic N) is 17. The van der Waals surface area contributed by atoms with E-state index in [2.05, 4.69) is 85.0 Å². The number of nitrogens with one attached hydrogen (secondary N) is 5. The summed E-state index contributed by atoms with van der Waals surface area (Å²) in [6.07, 6.45) is 36.1. The molecular formula is C108H129ClN24O15. The first-order valence-corrected chi connectivity index (χ1v) is 51.4. The molecule has 0 saturated heterocycles. The van der Waals surface area contributed by atoms with Crippen molar-refractivity contribution in [2.24, 2.45) is 0 Å². The topological polar surface area (TPSA) is 541 Å². The Morgan fingerprint density at radius 2 is 0.777 bits per heavy atom. The van der Waals surface area contributed by atoms with Crippen LogP contribution < -0.4 is 62.2 Å². The van der Waals surface area contributed by atoms with E-state index < -0.39 is 9.85 Å². The molecule has 0 unspecified atom stereocenters. The zero-order chi connectivity index (χ0) is 105. The standard InChI is InChI=1S/C15H21N5O2.C15H21N5O.2C12H14N2O3.C12H15NO.C11H10ClN3O.C11H12N4O.C10H12N2O2.C10H10O/c1-18(2)10-9-16-15-17-20(22)14-12-6-4-3-5-11(12)7-8-13(14)19(15)21;1-19(2)10-9-16-15-17-13-8-7-11-5-3-4-6-12(11)14(13)20(21)18-15;1-8(15)13-11-6-9-4-2-3-5-10(9)7-12(11)14(16)17;1-8(15)13-11-7-6-9-4-2-3-5-10(9)12(11)14(16)17;1-9(14)13-12-7-6-10-4-2-3-5-11(10)8-12;2*12-11-13-9-6-5-7-3-1-2-4-8(7)10(9)15(16)14-11;11-9-6-5-7-3-1-2-4-8(7)10(9)12(13)14;11-10-7-3-5-8-4-1-2-6-9(8)10/h7-8H,3-6,9-10H2,1-2H3,(H,16,17);7-8H,3-6,9-10H2,1-2H3,(H,16,17,18);2*6-7H,2-5H2,1H3,(H,13,15);6-8H,2-5H2,1H3,(H,13,14);5-6H,1-4H2;5-6H,1-4H2,(H2,12,13,14);5-6H,1-4,11H2;1-2,4,6H,3,5,7H2. The van der Waals surface area contributed by atoms with Crippen molar-refractivity contribution in [3.8, 4) is 0 Å². The SMILES string of the molecule is CC(=O)Nc1cc2c(cc1[N+](=O)[O-])CCCC2.CC(=O)Nc1ccc2c(c1)CCCC2.CC(=O)Nc1ccc2c(c1[N+](=O)[O-])CCCC2.CN(C)CCNc1n[n+]([O-])c2c3c(ccc2[n+]1[O-])CCCC3.CN(C)CCNc1nc2ccc3c(c2[n+]([O-])n1)CCCC3.Nc1ccc2c(c1[N+](=O)[O-])CCCC2.Nc1nc2ccc3c(c2[n+]([O-])n1)CCCC3.O=C1CCCc2ccccc21.[O-][n+]1nc(Cl)nc2ccc3c(c21)CCCC3. The highest BCUT2D eigenvalue weighted by Gasteiger charge is 2.32. The van der Waals surface area contributed by atoms with Crippen LogP contribution in [0.15, 0.2) is 127 Å². The van der Waals surface area contributed by atoms with Gasteiger partial charge in [-0.1, -0.05) is 66.7 Å². The summed E-state index contributed by atoms with van der Waals surface area (Å²) in [6, 6.07) is 40.1. The Kier molecular flexibility index (Phi) is 37.5. The molecule has 4 aromatic heterocycles. The maximum Gasteiger partial charge on any atom is 0.461 e. The summed E-state index contributed by atoms with van der Waals surface area (Å²) in [6.45, 7) is 7.13. The third-order valence-corrected chi connectivity index (χ3v) is 27.9. The molecule has 3 amide bonds. The Labute approximate surface area is 862 Å². The number of nitro groups is 3. The Morgan fingerprint density at radius 3 is 1.29 bits per heavy atom. The molecule has 22 rings (SSSR count). The van der Waals surface area contributed by atoms with Crippen LogP contribution in [0.4, 0.5) is 57.7 Å². The molecule has 9 aliphatic rings. The molecule has 0 radical (unpaired) electrons. The molecule has 148 heavy (non-hydrogen) atoms. The zero-order valence-electron chi connectivity index (χ0n) is 85.0. The van der Waals surface area contributed by atoms with Gasteiger partial charge in [-0.3, -0.25) is 54.8 Å². The largest absolute Gasteiger partial charge is 0.739 e. The number of Topliss-reactive ketones (excluding diaryl/α,β-unsaturated/α-hetero) is 1. The van der Waals surface area contributed by atoms with E-state index in [1.165, 1.54) is 91.3 Å². The maximum absolute atomic E-state index is 12.5. The van der Waals surface area contributed by atoms with Gasteiger partial charge in [0.05, 0.1) is 31.5 Å². The minimum atomic E-state index is -0.444. The number of rotatable bonds is 14. The number of ketones is 1. The number of anilines is 7. The highest BCUT2D eigenvalue weighted by Crippen LogP contribution is 2.40. The van der Waals surface area contributed by atoms with E-state index in [0.29, 0.717) is 89.3 Å².